The van der Waals surface area contributed by atoms with Crippen molar-refractivity contribution in [3.05, 3.63) is 75.0 Å². The van der Waals surface area contributed by atoms with Gasteiger partial charge in [-0.25, -0.2) is 4.98 Å². The molecule has 0 spiro atoms. The van der Waals surface area contributed by atoms with E-state index in [-0.39, 0.29) is 16.4 Å². The van der Waals surface area contributed by atoms with Crippen molar-refractivity contribution < 1.29 is 18.9 Å². The van der Waals surface area contributed by atoms with Crippen LogP contribution in [0.2, 0.25) is 0 Å². The van der Waals surface area contributed by atoms with Gasteiger partial charge in [0.1, 0.15) is 11.2 Å². The molecule has 1 amide bonds. The Morgan fingerprint density at radius 1 is 1.14 bits per heavy atom. The normalized spacial score (nSPS) is 13.4. The van der Waals surface area contributed by atoms with E-state index in [4.69, 9.17) is 21.4 Å². The molecule has 2 N–H and O–H groups in total. The number of oxazole rings is 1. The quantitative estimate of drug-likeness (QED) is 0.196. The standard InChI is InChI=1S/C24H19BrN6O5S/c25-16-9-15(12-26-13-16)23-28-18-11-17(2-4-21(18)36-23)27-24(37)29-22(32)14-1-3-19(20(10-14)31(33)34)30-5-7-35-8-6-30/h1-4,9-13H,5-8H2,(H2,27,29,32,37). The number of nitrogens with one attached hydrogen (secondary N) is 2. The van der Waals surface area contributed by atoms with Crippen molar-refractivity contribution in [1.82, 2.24) is 15.3 Å². The molecule has 0 unspecified atom stereocenters. The number of benzene rings is 2. The summed E-state index contributed by atoms with van der Waals surface area (Å²) in [6.45, 7) is 2.05. The second-order valence-corrected chi connectivity index (χ2v) is 9.39. The lowest BCUT2D eigenvalue weighted by Gasteiger charge is -2.28. The number of nitrogens with zero attached hydrogens (tertiary/aromatic N) is 4. The van der Waals surface area contributed by atoms with Gasteiger partial charge in [-0.1, -0.05) is 0 Å². The molecule has 13 heteroatoms. The molecule has 11 nitrogen and oxygen atoms in total. The fourth-order valence-corrected chi connectivity index (χ4v) is 4.45. The maximum atomic E-state index is 12.8. The zero-order valence-corrected chi connectivity index (χ0v) is 21.5. The van der Waals surface area contributed by atoms with Gasteiger partial charge in [-0.2, -0.15) is 0 Å². The minimum absolute atomic E-state index is 0.0316. The SMILES string of the molecule is O=C(NC(=S)Nc1ccc2oc(-c3cncc(Br)c3)nc2c1)c1ccc(N2CCOCC2)c([N+](=O)[O-])c1. The lowest BCUT2D eigenvalue weighted by molar-refractivity contribution is -0.384. The highest BCUT2D eigenvalue weighted by Gasteiger charge is 2.23. The number of hydrogen-bond acceptors (Lipinski definition) is 9. The van der Waals surface area contributed by atoms with Gasteiger partial charge in [0, 0.05) is 47.3 Å². The number of morpholine rings is 1. The first-order valence-electron chi connectivity index (χ1n) is 11.1. The van der Waals surface area contributed by atoms with Gasteiger partial charge in [-0.15, -0.1) is 0 Å². The van der Waals surface area contributed by atoms with Crippen molar-refractivity contribution in [2.24, 2.45) is 0 Å². The Morgan fingerprint density at radius 2 is 1.95 bits per heavy atom. The number of ether oxygens (including phenoxy) is 1. The summed E-state index contributed by atoms with van der Waals surface area (Å²) in [7, 11) is 0. The van der Waals surface area contributed by atoms with Crippen LogP contribution in [0.4, 0.5) is 17.1 Å². The third-order valence-electron chi connectivity index (χ3n) is 5.61. The van der Waals surface area contributed by atoms with E-state index >= 15 is 0 Å². The van der Waals surface area contributed by atoms with Crippen LogP contribution in [-0.4, -0.2) is 52.2 Å². The van der Waals surface area contributed by atoms with Crippen LogP contribution in [-0.2, 0) is 4.74 Å². The second-order valence-electron chi connectivity index (χ2n) is 8.06. The number of anilines is 2. The Labute approximate surface area is 224 Å². The number of rotatable bonds is 5. The summed E-state index contributed by atoms with van der Waals surface area (Å²) >= 11 is 8.67. The number of pyridine rings is 1. The molecule has 1 aliphatic rings. The molecule has 1 aliphatic heterocycles. The van der Waals surface area contributed by atoms with E-state index < -0.39 is 10.8 Å². The average Bonchev–Trinajstić information content (AvgIpc) is 3.32. The van der Waals surface area contributed by atoms with Gasteiger partial charge in [-0.05, 0) is 64.5 Å². The number of nitro groups is 1. The number of hydrogen-bond donors (Lipinski definition) is 2. The summed E-state index contributed by atoms with van der Waals surface area (Å²) in [5.74, 6) is -0.153. The average molecular weight is 583 g/mol. The molecule has 37 heavy (non-hydrogen) atoms. The van der Waals surface area contributed by atoms with E-state index in [1.54, 1.807) is 36.7 Å². The van der Waals surface area contributed by atoms with Crippen LogP contribution in [0.15, 0.2) is 63.7 Å². The lowest BCUT2D eigenvalue weighted by atomic mass is 10.1. The highest BCUT2D eigenvalue weighted by Crippen LogP contribution is 2.30. The minimum atomic E-state index is -0.568. The number of fused-ring (bicyclic) bond motifs is 1. The molecule has 0 atom stereocenters. The molecule has 3 heterocycles. The Morgan fingerprint density at radius 3 is 2.70 bits per heavy atom. The highest BCUT2D eigenvalue weighted by atomic mass is 79.9. The van der Waals surface area contributed by atoms with Gasteiger partial charge in [0.15, 0.2) is 10.7 Å². The maximum absolute atomic E-state index is 12.8. The fourth-order valence-electron chi connectivity index (χ4n) is 3.88. The van der Waals surface area contributed by atoms with Crippen molar-refractivity contribution >= 4 is 67.3 Å². The maximum Gasteiger partial charge on any atom is 0.293 e. The smallest absolute Gasteiger partial charge is 0.293 e. The molecular formula is C24H19BrN6O5S. The van der Waals surface area contributed by atoms with Crippen LogP contribution < -0.4 is 15.5 Å². The van der Waals surface area contributed by atoms with E-state index in [0.717, 1.165) is 10.0 Å². The van der Waals surface area contributed by atoms with Crippen LogP contribution in [0.1, 0.15) is 10.4 Å². The number of nitro benzene ring substituents is 1. The van der Waals surface area contributed by atoms with E-state index in [9.17, 15) is 14.9 Å². The molecule has 2 aromatic heterocycles. The Bertz CT molecular complexity index is 1520. The summed E-state index contributed by atoms with van der Waals surface area (Å²) in [5, 5.41) is 17.2. The molecule has 0 saturated carbocycles. The van der Waals surface area contributed by atoms with Crippen LogP contribution in [0.5, 0.6) is 0 Å². The van der Waals surface area contributed by atoms with Gasteiger partial charge < -0.3 is 19.4 Å². The summed E-state index contributed by atoms with van der Waals surface area (Å²) in [5.41, 5.74) is 2.87. The molecule has 1 fully saturated rings. The fraction of sp³-hybridized carbons (Fsp3) is 0.167. The van der Waals surface area contributed by atoms with Crippen molar-refractivity contribution in [2.45, 2.75) is 0 Å². The molecule has 4 aromatic rings. The molecule has 0 bridgehead atoms. The van der Waals surface area contributed by atoms with E-state index in [0.29, 0.717) is 54.7 Å². The van der Waals surface area contributed by atoms with Crippen molar-refractivity contribution in [2.75, 3.05) is 36.5 Å². The summed E-state index contributed by atoms with van der Waals surface area (Å²) in [4.78, 5) is 34.4. The van der Waals surface area contributed by atoms with Crippen LogP contribution in [0.3, 0.4) is 0 Å². The molecule has 1 saturated heterocycles. The molecule has 188 valence electrons. The molecule has 0 radical (unpaired) electrons. The van der Waals surface area contributed by atoms with Gasteiger partial charge in [0.05, 0.1) is 23.7 Å². The van der Waals surface area contributed by atoms with Crippen molar-refractivity contribution in [1.29, 1.82) is 0 Å². The lowest BCUT2D eigenvalue weighted by Crippen LogP contribution is -2.37. The van der Waals surface area contributed by atoms with Crippen molar-refractivity contribution in [3.63, 3.8) is 0 Å². The topological polar surface area (TPSA) is 136 Å². The largest absolute Gasteiger partial charge is 0.436 e. The van der Waals surface area contributed by atoms with Crippen LogP contribution >= 0.6 is 28.1 Å². The zero-order chi connectivity index (χ0) is 25.9. The highest BCUT2D eigenvalue weighted by molar-refractivity contribution is 9.10. The summed E-state index contributed by atoms with van der Waals surface area (Å²) in [6.07, 6.45) is 3.32. The number of thiocarbonyl (C=S) groups is 1. The van der Waals surface area contributed by atoms with E-state index in [1.807, 2.05) is 11.0 Å². The van der Waals surface area contributed by atoms with Crippen LogP contribution in [0.25, 0.3) is 22.6 Å². The van der Waals surface area contributed by atoms with Gasteiger partial charge in [0.25, 0.3) is 11.6 Å². The number of aromatic nitrogens is 2. The Balaban J connectivity index is 1.28. The monoisotopic (exact) mass is 582 g/mol. The first-order valence-corrected chi connectivity index (χ1v) is 12.3. The number of amides is 1. The minimum Gasteiger partial charge on any atom is -0.436 e. The molecule has 0 aliphatic carbocycles. The Kier molecular flexibility index (Phi) is 7.08. The first-order chi connectivity index (χ1) is 17.9. The molecule has 2 aromatic carbocycles. The van der Waals surface area contributed by atoms with E-state index in [1.165, 1.54) is 12.1 Å². The number of carbonyl (C=O) groups is 1. The predicted molar refractivity (Wildman–Crippen MR) is 145 cm³/mol. The number of carbonyl (C=O) groups excluding carboxylic acids is 1. The second kappa shape index (κ2) is 10.6. The van der Waals surface area contributed by atoms with Gasteiger partial charge >= 0.3 is 0 Å². The first kappa shape index (κ1) is 24.7. The third kappa shape index (κ3) is 5.58. The summed E-state index contributed by atoms with van der Waals surface area (Å²) in [6, 6.07) is 11.4. The van der Waals surface area contributed by atoms with E-state index in [2.05, 4.69) is 36.5 Å². The third-order valence-corrected chi connectivity index (χ3v) is 6.25. The van der Waals surface area contributed by atoms with Crippen LogP contribution in [0, 0.1) is 10.1 Å². The van der Waals surface area contributed by atoms with Crippen molar-refractivity contribution in [3.8, 4) is 11.5 Å². The zero-order valence-electron chi connectivity index (χ0n) is 19.1. The number of halogens is 1. The Hall–Kier alpha value is -3.94. The molecule has 5 rings (SSSR count). The predicted octanol–water partition coefficient (Wildman–Crippen LogP) is 4.52. The summed E-state index contributed by atoms with van der Waals surface area (Å²) < 4.78 is 11.9. The van der Waals surface area contributed by atoms with Gasteiger partial charge in [0.2, 0.25) is 5.89 Å². The molecular weight excluding hydrogens is 564 g/mol. The van der Waals surface area contributed by atoms with Gasteiger partial charge in [-0.3, -0.25) is 25.2 Å².